The minimum Gasteiger partial charge on any atom is -0.478 e. The van der Waals surface area contributed by atoms with Crippen LogP contribution in [-0.4, -0.2) is 38.4 Å². The molecule has 0 radical (unpaired) electrons. The number of anilines is 1. The number of non-ortho nitro benzene ring substituents is 1. The summed E-state index contributed by atoms with van der Waals surface area (Å²) in [5.41, 5.74) is 5.86. The Morgan fingerprint density at radius 2 is 1.78 bits per heavy atom. The molecule has 0 spiro atoms. The minimum absolute atomic E-state index is 0.0791. The van der Waals surface area contributed by atoms with E-state index in [2.05, 4.69) is 10.6 Å². The van der Waals surface area contributed by atoms with E-state index in [-0.39, 0.29) is 40.9 Å². The van der Waals surface area contributed by atoms with Gasteiger partial charge in [0, 0.05) is 35.8 Å². The molecule has 3 aromatic rings. The molecule has 1 amide bonds. The lowest BCUT2D eigenvalue weighted by molar-refractivity contribution is -0.384. The number of nitrogen functional groups attached to an aromatic ring is 1. The van der Waals surface area contributed by atoms with Crippen molar-refractivity contribution in [2.24, 2.45) is 5.73 Å². The van der Waals surface area contributed by atoms with Crippen LogP contribution in [0.2, 0.25) is 0 Å². The van der Waals surface area contributed by atoms with Gasteiger partial charge in [0.15, 0.2) is 0 Å². The first-order chi connectivity index (χ1) is 17.5. The van der Waals surface area contributed by atoms with Crippen molar-refractivity contribution in [1.29, 1.82) is 5.41 Å². The standard InChI is InChI=1S/C25H26N6O6/c1-14(2)29-20-7-8-21(17-9-18(25(34)35)11-19(10-17)31(36)37)30(24(20)33)13-22(32)28-12-15-3-5-16(6-4-15)23(26)27/h3-11,14,29H,12-13H2,1-2H3,(H3,26,27)(H,28,32)(H,34,35). The number of nitrogens with one attached hydrogen (secondary N) is 3. The van der Waals surface area contributed by atoms with Crippen LogP contribution in [-0.2, 0) is 17.9 Å². The maximum absolute atomic E-state index is 13.3. The van der Waals surface area contributed by atoms with Crippen LogP contribution in [0.3, 0.4) is 0 Å². The number of benzene rings is 2. The molecule has 6 N–H and O–H groups in total. The smallest absolute Gasteiger partial charge is 0.335 e. The molecule has 0 atom stereocenters. The summed E-state index contributed by atoms with van der Waals surface area (Å²) >= 11 is 0. The number of carbonyl (C=O) groups is 2. The quantitative estimate of drug-likeness (QED) is 0.120. The zero-order chi connectivity index (χ0) is 27.3. The molecule has 0 saturated carbocycles. The Kier molecular flexibility index (Phi) is 8.02. The number of carbonyl (C=O) groups excluding carboxylic acids is 1. The van der Waals surface area contributed by atoms with E-state index >= 15 is 0 Å². The average Bonchev–Trinajstić information content (AvgIpc) is 2.84. The summed E-state index contributed by atoms with van der Waals surface area (Å²) in [6, 6.07) is 12.9. The zero-order valence-electron chi connectivity index (χ0n) is 20.1. The zero-order valence-corrected chi connectivity index (χ0v) is 20.1. The molecule has 0 fully saturated rings. The number of carboxylic acids is 1. The van der Waals surface area contributed by atoms with E-state index in [0.29, 0.717) is 5.56 Å². The number of nitrogens with two attached hydrogens (primary N) is 1. The summed E-state index contributed by atoms with van der Waals surface area (Å²) in [5.74, 6) is -1.96. The number of hydrogen-bond donors (Lipinski definition) is 5. The van der Waals surface area contributed by atoms with Gasteiger partial charge in [0.25, 0.3) is 11.2 Å². The van der Waals surface area contributed by atoms with Gasteiger partial charge in [-0.25, -0.2) is 4.79 Å². The number of aromatic carboxylic acids is 1. The van der Waals surface area contributed by atoms with Crippen LogP contribution in [0.4, 0.5) is 11.4 Å². The van der Waals surface area contributed by atoms with Gasteiger partial charge in [0.2, 0.25) is 5.91 Å². The lowest BCUT2D eigenvalue weighted by Crippen LogP contribution is -2.34. The Balaban J connectivity index is 1.98. The number of amides is 1. The number of nitro groups is 1. The van der Waals surface area contributed by atoms with Crippen molar-refractivity contribution in [2.45, 2.75) is 33.0 Å². The number of carboxylic acid groups (broad SMARTS) is 1. The molecule has 3 rings (SSSR count). The molecule has 12 nitrogen and oxygen atoms in total. The molecule has 0 aliphatic carbocycles. The van der Waals surface area contributed by atoms with Crippen LogP contribution >= 0.6 is 0 Å². The number of nitro benzene ring substituents is 1. The fraction of sp³-hybridized carbons (Fsp3) is 0.200. The van der Waals surface area contributed by atoms with Gasteiger partial charge >= 0.3 is 5.97 Å². The third-order valence-electron chi connectivity index (χ3n) is 5.35. The molecule has 37 heavy (non-hydrogen) atoms. The Labute approximate surface area is 211 Å². The number of aromatic nitrogens is 1. The maximum atomic E-state index is 13.3. The number of rotatable bonds is 10. The van der Waals surface area contributed by atoms with Gasteiger partial charge in [0.05, 0.1) is 16.2 Å². The summed E-state index contributed by atoms with van der Waals surface area (Å²) in [5, 5.41) is 34.0. The van der Waals surface area contributed by atoms with E-state index in [0.717, 1.165) is 22.3 Å². The van der Waals surface area contributed by atoms with Crippen molar-refractivity contribution in [2.75, 3.05) is 5.32 Å². The van der Waals surface area contributed by atoms with Gasteiger partial charge in [-0.2, -0.15) is 0 Å². The van der Waals surface area contributed by atoms with Crippen molar-refractivity contribution in [1.82, 2.24) is 9.88 Å². The molecular formula is C25H26N6O6. The molecule has 12 heteroatoms. The van der Waals surface area contributed by atoms with Crippen molar-refractivity contribution in [3.8, 4) is 11.3 Å². The van der Waals surface area contributed by atoms with Gasteiger partial charge < -0.3 is 21.5 Å². The van der Waals surface area contributed by atoms with Crippen molar-refractivity contribution >= 4 is 29.1 Å². The average molecular weight is 507 g/mol. The SMILES string of the molecule is CC(C)Nc1ccc(-c2cc(C(=O)O)cc([N+](=O)[O-])c2)n(CC(=O)NCc2ccc(C(=N)N)cc2)c1=O. The van der Waals surface area contributed by atoms with Crippen molar-refractivity contribution in [3.05, 3.63) is 91.8 Å². The minimum atomic E-state index is -1.37. The molecular weight excluding hydrogens is 480 g/mol. The summed E-state index contributed by atoms with van der Waals surface area (Å²) in [6.07, 6.45) is 0. The molecule has 0 bridgehead atoms. The van der Waals surface area contributed by atoms with E-state index in [1.165, 1.54) is 18.2 Å². The second-order valence-electron chi connectivity index (χ2n) is 8.54. The van der Waals surface area contributed by atoms with Crippen molar-refractivity contribution in [3.63, 3.8) is 0 Å². The summed E-state index contributed by atoms with van der Waals surface area (Å²) < 4.78 is 1.14. The third-order valence-corrected chi connectivity index (χ3v) is 5.35. The van der Waals surface area contributed by atoms with Crippen LogP contribution < -0.4 is 21.9 Å². The third kappa shape index (κ3) is 6.57. The first kappa shape index (κ1) is 26.6. The van der Waals surface area contributed by atoms with E-state index in [9.17, 15) is 29.6 Å². The topological polar surface area (TPSA) is 193 Å². The Morgan fingerprint density at radius 1 is 1.11 bits per heavy atom. The van der Waals surface area contributed by atoms with Crippen LogP contribution in [0.5, 0.6) is 0 Å². The largest absolute Gasteiger partial charge is 0.478 e. The predicted octanol–water partition coefficient (Wildman–Crippen LogP) is 2.54. The molecule has 1 aromatic heterocycles. The van der Waals surface area contributed by atoms with Crippen LogP contribution in [0.25, 0.3) is 11.3 Å². The number of pyridine rings is 1. The fourth-order valence-electron chi connectivity index (χ4n) is 3.60. The lowest BCUT2D eigenvalue weighted by atomic mass is 10.1. The molecule has 0 aliphatic heterocycles. The van der Waals surface area contributed by atoms with Gasteiger partial charge in [-0.3, -0.25) is 29.7 Å². The van der Waals surface area contributed by atoms with Crippen LogP contribution in [0.15, 0.2) is 59.4 Å². The molecule has 192 valence electrons. The van der Waals surface area contributed by atoms with Gasteiger partial charge in [-0.1, -0.05) is 24.3 Å². The predicted molar refractivity (Wildman–Crippen MR) is 138 cm³/mol. The van der Waals surface area contributed by atoms with E-state index in [1.807, 2.05) is 13.8 Å². The second-order valence-corrected chi connectivity index (χ2v) is 8.54. The lowest BCUT2D eigenvalue weighted by Gasteiger charge is -2.17. The highest BCUT2D eigenvalue weighted by atomic mass is 16.6. The summed E-state index contributed by atoms with van der Waals surface area (Å²) in [7, 11) is 0. The van der Waals surface area contributed by atoms with Gasteiger partial charge in [-0.05, 0) is 37.6 Å². The van der Waals surface area contributed by atoms with E-state index in [1.54, 1.807) is 24.3 Å². The molecule has 0 unspecified atom stereocenters. The molecule has 1 heterocycles. The van der Waals surface area contributed by atoms with Gasteiger partial charge in [-0.15, -0.1) is 0 Å². The first-order valence-electron chi connectivity index (χ1n) is 11.2. The van der Waals surface area contributed by atoms with Crippen LogP contribution in [0, 0.1) is 15.5 Å². The fourth-order valence-corrected chi connectivity index (χ4v) is 3.60. The normalized spacial score (nSPS) is 10.7. The van der Waals surface area contributed by atoms with Gasteiger partial charge in [0.1, 0.15) is 18.1 Å². The molecule has 0 aliphatic rings. The number of amidine groups is 1. The Morgan fingerprint density at radius 3 is 2.35 bits per heavy atom. The number of nitrogens with zero attached hydrogens (tertiary/aromatic N) is 2. The Hall–Kier alpha value is -5.00. The highest BCUT2D eigenvalue weighted by molar-refractivity contribution is 5.95. The summed E-state index contributed by atoms with van der Waals surface area (Å²) in [6.45, 7) is 3.40. The van der Waals surface area contributed by atoms with Crippen LogP contribution in [0.1, 0.15) is 35.3 Å². The number of hydrogen-bond acceptors (Lipinski definition) is 7. The second kappa shape index (κ2) is 11.2. The van der Waals surface area contributed by atoms with E-state index < -0.39 is 34.6 Å². The first-order valence-corrected chi connectivity index (χ1v) is 11.2. The van der Waals surface area contributed by atoms with Crippen molar-refractivity contribution < 1.29 is 19.6 Å². The van der Waals surface area contributed by atoms with E-state index in [4.69, 9.17) is 11.1 Å². The molecule has 0 saturated heterocycles. The maximum Gasteiger partial charge on any atom is 0.335 e. The highest BCUT2D eigenvalue weighted by Gasteiger charge is 2.19. The summed E-state index contributed by atoms with van der Waals surface area (Å²) in [4.78, 5) is 48.3. The highest BCUT2D eigenvalue weighted by Crippen LogP contribution is 2.26. The Bertz CT molecular complexity index is 1400. The monoisotopic (exact) mass is 506 g/mol. The molecule has 2 aromatic carbocycles.